The molecule has 2 rings (SSSR count). The number of aromatic nitrogens is 2. The van der Waals surface area contributed by atoms with Crippen LogP contribution in [-0.4, -0.2) is 21.3 Å². The Morgan fingerprint density at radius 2 is 2.39 bits per heavy atom. The van der Waals surface area contributed by atoms with Crippen LogP contribution in [0.4, 0.5) is 0 Å². The van der Waals surface area contributed by atoms with Gasteiger partial charge in [0.2, 0.25) is 11.2 Å². The maximum atomic E-state index is 11.5. The Labute approximate surface area is 103 Å². The molecule has 2 aromatic heterocycles. The van der Waals surface area contributed by atoms with Gasteiger partial charge in [-0.25, -0.2) is 4.98 Å². The van der Waals surface area contributed by atoms with Gasteiger partial charge in [0, 0.05) is 31.9 Å². The molecule has 0 atom stereocenters. The number of aryl methyl sites for hydroxylation is 1. The lowest BCUT2D eigenvalue weighted by molar-refractivity contribution is 0.237. The number of rotatable bonds is 5. The van der Waals surface area contributed by atoms with E-state index in [9.17, 15) is 4.79 Å². The number of nitrogens with zero attached hydrogens (tertiary/aromatic N) is 2. The fourth-order valence-electron chi connectivity index (χ4n) is 1.52. The van der Waals surface area contributed by atoms with E-state index in [1.165, 1.54) is 12.3 Å². The van der Waals surface area contributed by atoms with Crippen molar-refractivity contribution in [3.05, 3.63) is 46.5 Å². The zero-order chi connectivity index (χ0) is 13.0. The first-order chi connectivity index (χ1) is 8.70. The molecular weight excluding hydrogens is 236 g/mol. The standard InChI is InChI=1S/C12H14N2O4/c1-14-4-3-13-12(14)2-5-17-11-8-18-9(7-15)6-10(11)16/h3-4,6,8,15H,2,5,7H2,1H3. The van der Waals surface area contributed by atoms with E-state index in [0.717, 1.165) is 5.82 Å². The Balaban J connectivity index is 1.95. The molecule has 0 saturated heterocycles. The Morgan fingerprint density at radius 3 is 3.00 bits per heavy atom. The molecule has 0 unspecified atom stereocenters. The summed E-state index contributed by atoms with van der Waals surface area (Å²) in [6.07, 6.45) is 5.37. The summed E-state index contributed by atoms with van der Waals surface area (Å²) < 4.78 is 12.2. The van der Waals surface area contributed by atoms with Gasteiger partial charge in [0.25, 0.3) is 0 Å². The van der Waals surface area contributed by atoms with Gasteiger partial charge in [-0.15, -0.1) is 0 Å². The largest absolute Gasteiger partial charge is 0.486 e. The van der Waals surface area contributed by atoms with Gasteiger partial charge in [0.1, 0.15) is 24.5 Å². The highest BCUT2D eigenvalue weighted by molar-refractivity contribution is 5.17. The molecule has 6 heteroatoms. The van der Waals surface area contributed by atoms with Gasteiger partial charge in [-0.2, -0.15) is 0 Å². The normalized spacial score (nSPS) is 10.6. The fraction of sp³-hybridized carbons (Fsp3) is 0.333. The smallest absolute Gasteiger partial charge is 0.227 e. The summed E-state index contributed by atoms with van der Waals surface area (Å²) in [5.74, 6) is 1.24. The minimum absolute atomic E-state index is 0.140. The van der Waals surface area contributed by atoms with E-state index >= 15 is 0 Å². The van der Waals surface area contributed by atoms with Crippen molar-refractivity contribution in [1.29, 1.82) is 0 Å². The quantitative estimate of drug-likeness (QED) is 0.835. The number of aliphatic hydroxyl groups is 1. The zero-order valence-electron chi connectivity index (χ0n) is 10.00. The summed E-state index contributed by atoms with van der Waals surface area (Å²) in [5.41, 5.74) is -0.301. The number of hydrogen-bond donors (Lipinski definition) is 1. The molecule has 0 aliphatic rings. The highest BCUT2D eigenvalue weighted by atomic mass is 16.5. The summed E-state index contributed by atoms with van der Waals surface area (Å²) in [7, 11) is 1.90. The van der Waals surface area contributed by atoms with Gasteiger partial charge in [0.15, 0.2) is 0 Å². The average molecular weight is 250 g/mol. The van der Waals surface area contributed by atoms with Crippen LogP contribution in [0.2, 0.25) is 0 Å². The van der Waals surface area contributed by atoms with Crippen LogP contribution in [0, 0.1) is 0 Å². The third-order valence-corrected chi connectivity index (χ3v) is 2.51. The minimum atomic E-state index is -0.303. The van der Waals surface area contributed by atoms with E-state index in [1.54, 1.807) is 6.20 Å². The molecular formula is C12H14N2O4. The van der Waals surface area contributed by atoms with Crippen molar-refractivity contribution in [3.8, 4) is 5.75 Å². The first-order valence-corrected chi connectivity index (χ1v) is 5.52. The summed E-state index contributed by atoms with van der Waals surface area (Å²) in [6.45, 7) is 0.0386. The maximum absolute atomic E-state index is 11.5. The minimum Gasteiger partial charge on any atom is -0.486 e. The summed E-state index contributed by atoms with van der Waals surface area (Å²) >= 11 is 0. The molecule has 0 spiro atoms. The SMILES string of the molecule is Cn1ccnc1CCOc1coc(CO)cc1=O. The lowest BCUT2D eigenvalue weighted by Gasteiger charge is -2.05. The van der Waals surface area contributed by atoms with Gasteiger partial charge in [0.05, 0.1) is 6.61 Å². The fourth-order valence-corrected chi connectivity index (χ4v) is 1.52. The van der Waals surface area contributed by atoms with Crippen molar-refractivity contribution in [2.24, 2.45) is 7.05 Å². The van der Waals surface area contributed by atoms with E-state index in [2.05, 4.69) is 4.98 Å². The van der Waals surface area contributed by atoms with Crippen molar-refractivity contribution >= 4 is 0 Å². The van der Waals surface area contributed by atoms with Crippen LogP contribution in [0.15, 0.2) is 33.9 Å². The van der Waals surface area contributed by atoms with Gasteiger partial charge < -0.3 is 18.8 Å². The van der Waals surface area contributed by atoms with E-state index in [1.807, 2.05) is 17.8 Å². The van der Waals surface area contributed by atoms with Crippen molar-refractivity contribution < 1.29 is 14.3 Å². The number of ether oxygens (including phenoxy) is 1. The molecule has 96 valence electrons. The first-order valence-electron chi connectivity index (χ1n) is 5.52. The Bertz CT molecular complexity index is 573. The van der Waals surface area contributed by atoms with Gasteiger partial charge in [-0.05, 0) is 0 Å². The first kappa shape index (κ1) is 12.4. The van der Waals surface area contributed by atoms with E-state index in [-0.39, 0.29) is 23.5 Å². The molecule has 0 aromatic carbocycles. The molecule has 2 heterocycles. The van der Waals surface area contributed by atoms with E-state index in [4.69, 9.17) is 14.3 Å². The molecule has 0 saturated carbocycles. The monoisotopic (exact) mass is 250 g/mol. The lowest BCUT2D eigenvalue weighted by atomic mass is 10.4. The second-order valence-electron chi connectivity index (χ2n) is 3.79. The highest BCUT2D eigenvalue weighted by Gasteiger charge is 2.05. The highest BCUT2D eigenvalue weighted by Crippen LogP contribution is 2.06. The predicted molar refractivity (Wildman–Crippen MR) is 63.3 cm³/mol. The number of imidazole rings is 1. The molecule has 0 aliphatic carbocycles. The van der Waals surface area contributed by atoms with Gasteiger partial charge in [-0.1, -0.05) is 0 Å². The second kappa shape index (κ2) is 5.50. The predicted octanol–water partition coefficient (Wildman–Crippen LogP) is 0.487. The molecule has 18 heavy (non-hydrogen) atoms. The third-order valence-electron chi connectivity index (χ3n) is 2.51. The Kier molecular flexibility index (Phi) is 3.78. The van der Waals surface area contributed by atoms with Crippen LogP contribution in [0.5, 0.6) is 5.75 Å². The molecule has 2 aromatic rings. The molecule has 0 bridgehead atoms. The van der Waals surface area contributed by atoms with Crippen molar-refractivity contribution in [2.75, 3.05) is 6.61 Å². The third kappa shape index (κ3) is 2.78. The molecule has 0 aliphatic heterocycles. The van der Waals surface area contributed by atoms with Gasteiger partial charge in [-0.3, -0.25) is 4.79 Å². The lowest BCUT2D eigenvalue weighted by Crippen LogP contribution is -2.12. The number of aliphatic hydroxyl groups excluding tert-OH is 1. The van der Waals surface area contributed by atoms with Crippen molar-refractivity contribution in [3.63, 3.8) is 0 Å². The Morgan fingerprint density at radius 1 is 1.56 bits per heavy atom. The molecule has 1 N–H and O–H groups in total. The van der Waals surface area contributed by atoms with E-state index in [0.29, 0.717) is 13.0 Å². The number of hydrogen-bond acceptors (Lipinski definition) is 5. The summed E-state index contributed by atoms with van der Waals surface area (Å²) in [4.78, 5) is 15.7. The van der Waals surface area contributed by atoms with Crippen LogP contribution >= 0.6 is 0 Å². The molecule has 6 nitrogen and oxygen atoms in total. The molecule has 0 fully saturated rings. The van der Waals surface area contributed by atoms with Crippen LogP contribution in [0.25, 0.3) is 0 Å². The summed E-state index contributed by atoms with van der Waals surface area (Å²) in [5, 5.41) is 8.80. The van der Waals surface area contributed by atoms with Crippen LogP contribution in [-0.2, 0) is 20.1 Å². The average Bonchev–Trinajstić information content (AvgIpc) is 2.77. The zero-order valence-corrected chi connectivity index (χ0v) is 10.00. The van der Waals surface area contributed by atoms with Crippen molar-refractivity contribution in [2.45, 2.75) is 13.0 Å². The molecule has 0 radical (unpaired) electrons. The molecule has 0 amide bonds. The van der Waals surface area contributed by atoms with Gasteiger partial charge >= 0.3 is 0 Å². The van der Waals surface area contributed by atoms with Crippen LogP contribution in [0.1, 0.15) is 11.6 Å². The van der Waals surface area contributed by atoms with Crippen molar-refractivity contribution in [1.82, 2.24) is 9.55 Å². The van der Waals surface area contributed by atoms with E-state index < -0.39 is 0 Å². The topological polar surface area (TPSA) is 77.5 Å². The second-order valence-corrected chi connectivity index (χ2v) is 3.79. The Hall–Kier alpha value is -2.08. The van der Waals surface area contributed by atoms with Crippen LogP contribution in [0.3, 0.4) is 0 Å². The summed E-state index contributed by atoms with van der Waals surface area (Å²) in [6, 6.07) is 1.22. The van der Waals surface area contributed by atoms with Crippen LogP contribution < -0.4 is 10.2 Å². The maximum Gasteiger partial charge on any atom is 0.227 e.